The lowest BCUT2D eigenvalue weighted by molar-refractivity contribution is 0.163. The minimum atomic E-state index is -0.0275. The largest absolute Gasteiger partial charge is 0.477 e. The van der Waals surface area contributed by atoms with Crippen LogP contribution in [0.4, 0.5) is 0 Å². The van der Waals surface area contributed by atoms with Crippen LogP contribution in [0.5, 0.6) is 11.8 Å². The fourth-order valence-electron chi connectivity index (χ4n) is 3.72. The van der Waals surface area contributed by atoms with Crippen LogP contribution in [0.15, 0.2) is 37.1 Å². The molecular weight excluding hydrogens is 376 g/mol. The summed E-state index contributed by atoms with van der Waals surface area (Å²) in [6.07, 6.45) is 7.46. The Morgan fingerprint density at radius 1 is 1.27 bits per heavy atom. The third-order valence-electron chi connectivity index (χ3n) is 5.47. The van der Waals surface area contributed by atoms with E-state index < -0.39 is 0 Å². The lowest BCUT2D eigenvalue weighted by atomic mass is 9.96. The van der Waals surface area contributed by atoms with Gasteiger partial charge in [-0.3, -0.25) is 0 Å². The van der Waals surface area contributed by atoms with E-state index in [2.05, 4.69) is 60.0 Å². The van der Waals surface area contributed by atoms with E-state index in [1.54, 1.807) is 6.20 Å². The number of nitrogens with one attached hydrogen (secondary N) is 1. The van der Waals surface area contributed by atoms with Crippen LogP contribution in [-0.2, 0) is 13.5 Å². The fourth-order valence-corrected chi connectivity index (χ4v) is 3.72. The smallest absolute Gasteiger partial charge is 0.219 e. The molecule has 0 saturated carbocycles. The molecule has 1 unspecified atom stereocenters. The molecule has 0 spiro atoms. The molecule has 0 saturated heterocycles. The first-order valence-corrected chi connectivity index (χ1v) is 10.3. The molecule has 3 aromatic rings. The van der Waals surface area contributed by atoms with Gasteiger partial charge >= 0.3 is 0 Å². The van der Waals surface area contributed by atoms with Gasteiger partial charge in [0, 0.05) is 13.5 Å². The molecule has 4 rings (SSSR count). The Morgan fingerprint density at radius 3 is 2.90 bits per heavy atom. The van der Waals surface area contributed by atoms with Crippen LogP contribution in [0.25, 0.3) is 22.8 Å². The van der Waals surface area contributed by atoms with E-state index in [-0.39, 0.29) is 6.10 Å². The SMILES string of the molecule is C=C1/C=C/c2c(CC)nn(C)c2OC(C)CCOc2[nH]ncc2-c2ccc(C)c1c2. The van der Waals surface area contributed by atoms with Gasteiger partial charge in [0.1, 0.15) is 6.10 Å². The van der Waals surface area contributed by atoms with Crippen molar-refractivity contribution in [1.82, 2.24) is 20.0 Å². The number of aryl methyl sites for hydroxylation is 3. The summed E-state index contributed by atoms with van der Waals surface area (Å²) in [5.74, 6) is 1.44. The normalized spacial score (nSPS) is 17.7. The van der Waals surface area contributed by atoms with Crippen LogP contribution in [0.1, 0.15) is 42.7 Å². The highest BCUT2D eigenvalue weighted by molar-refractivity contribution is 5.83. The van der Waals surface area contributed by atoms with Crippen LogP contribution in [0, 0.1) is 6.92 Å². The van der Waals surface area contributed by atoms with Crippen molar-refractivity contribution >= 4 is 11.6 Å². The fraction of sp³-hybridized carbons (Fsp3) is 0.333. The summed E-state index contributed by atoms with van der Waals surface area (Å²) in [7, 11) is 1.92. The number of benzene rings is 1. The Hall–Kier alpha value is -3.28. The van der Waals surface area contributed by atoms with Crippen LogP contribution < -0.4 is 9.47 Å². The predicted molar refractivity (Wildman–Crippen MR) is 120 cm³/mol. The predicted octanol–water partition coefficient (Wildman–Crippen LogP) is 4.96. The summed E-state index contributed by atoms with van der Waals surface area (Å²) in [6.45, 7) is 11.1. The Bertz CT molecular complexity index is 1110. The number of aromatic amines is 1. The number of ether oxygens (including phenoxy) is 2. The molecule has 30 heavy (non-hydrogen) atoms. The first-order valence-electron chi connectivity index (χ1n) is 10.3. The number of aromatic nitrogens is 4. The summed E-state index contributed by atoms with van der Waals surface area (Å²) < 4.78 is 14.1. The molecule has 2 bridgehead atoms. The maximum absolute atomic E-state index is 6.27. The highest BCUT2D eigenvalue weighted by Gasteiger charge is 2.18. The molecule has 1 N–H and O–H groups in total. The first kappa shape index (κ1) is 20.0. The Labute approximate surface area is 177 Å². The molecule has 1 aromatic carbocycles. The molecule has 1 aliphatic rings. The summed E-state index contributed by atoms with van der Waals surface area (Å²) in [5.41, 5.74) is 7.18. The molecule has 0 amide bonds. The summed E-state index contributed by atoms with van der Waals surface area (Å²) in [6, 6.07) is 6.34. The van der Waals surface area contributed by atoms with Crippen molar-refractivity contribution in [3.05, 3.63) is 59.4 Å². The molecule has 1 atom stereocenters. The van der Waals surface area contributed by atoms with Gasteiger partial charge in [0.2, 0.25) is 11.8 Å². The zero-order chi connectivity index (χ0) is 21.3. The molecule has 2 aromatic heterocycles. The molecule has 6 nitrogen and oxygen atoms in total. The maximum Gasteiger partial charge on any atom is 0.219 e. The van der Waals surface area contributed by atoms with Gasteiger partial charge in [-0.05, 0) is 54.7 Å². The van der Waals surface area contributed by atoms with Crippen molar-refractivity contribution in [2.45, 2.75) is 39.7 Å². The average molecular weight is 405 g/mol. The Kier molecular flexibility index (Phi) is 5.48. The molecule has 3 heterocycles. The highest BCUT2D eigenvalue weighted by Crippen LogP contribution is 2.33. The number of H-pyrrole nitrogens is 1. The minimum absolute atomic E-state index is 0.0275. The molecule has 0 radical (unpaired) electrons. The van der Waals surface area contributed by atoms with Crippen molar-refractivity contribution in [1.29, 1.82) is 0 Å². The van der Waals surface area contributed by atoms with Crippen LogP contribution in [0.2, 0.25) is 0 Å². The number of hydrogen-bond acceptors (Lipinski definition) is 4. The molecule has 0 fully saturated rings. The van der Waals surface area contributed by atoms with Gasteiger partial charge in [-0.2, -0.15) is 10.2 Å². The van der Waals surface area contributed by atoms with Gasteiger partial charge in [0.05, 0.1) is 29.6 Å². The van der Waals surface area contributed by atoms with Crippen LogP contribution in [-0.4, -0.2) is 32.7 Å². The van der Waals surface area contributed by atoms with E-state index in [1.165, 1.54) is 0 Å². The highest BCUT2D eigenvalue weighted by atomic mass is 16.5. The topological polar surface area (TPSA) is 65.0 Å². The summed E-state index contributed by atoms with van der Waals surface area (Å²) in [4.78, 5) is 0. The second kappa shape index (κ2) is 8.22. The van der Waals surface area contributed by atoms with Crippen LogP contribution in [0.3, 0.4) is 0 Å². The van der Waals surface area contributed by atoms with Gasteiger partial charge in [0.15, 0.2) is 0 Å². The first-order chi connectivity index (χ1) is 14.5. The van der Waals surface area contributed by atoms with E-state index in [0.717, 1.165) is 57.8 Å². The van der Waals surface area contributed by atoms with Gasteiger partial charge in [-0.1, -0.05) is 31.7 Å². The zero-order valence-corrected chi connectivity index (χ0v) is 18.0. The average Bonchev–Trinajstić information content (AvgIpc) is 3.30. The number of hydrogen-bond donors (Lipinski definition) is 1. The molecule has 0 aliphatic carbocycles. The van der Waals surface area contributed by atoms with Crippen molar-refractivity contribution < 1.29 is 9.47 Å². The van der Waals surface area contributed by atoms with Crippen LogP contribution >= 0.6 is 0 Å². The van der Waals surface area contributed by atoms with Crippen molar-refractivity contribution in [2.24, 2.45) is 7.05 Å². The van der Waals surface area contributed by atoms with Crippen molar-refractivity contribution in [3.8, 4) is 22.9 Å². The second-order valence-corrected chi connectivity index (χ2v) is 7.71. The van der Waals surface area contributed by atoms with E-state index in [1.807, 2.05) is 24.7 Å². The lowest BCUT2D eigenvalue weighted by Crippen LogP contribution is -2.18. The second-order valence-electron chi connectivity index (χ2n) is 7.71. The number of fused-ring (bicyclic) bond motifs is 5. The van der Waals surface area contributed by atoms with Gasteiger partial charge in [0.25, 0.3) is 0 Å². The van der Waals surface area contributed by atoms with E-state index in [0.29, 0.717) is 12.5 Å². The van der Waals surface area contributed by atoms with E-state index >= 15 is 0 Å². The van der Waals surface area contributed by atoms with E-state index in [4.69, 9.17) is 9.47 Å². The maximum atomic E-state index is 6.27. The standard InChI is InChI=1S/C24H28N4O2/c1-6-22-19-10-8-16(3)20-13-18(9-7-15(20)2)21-14-25-26-23(21)29-12-11-17(4)30-24(19)28(5)27-22/h7-10,13-14,17H,3,6,11-12H2,1-2,4-5H3,(H,25,26)/b10-8+. The van der Waals surface area contributed by atoms with E-state index in [9.17, 15) is 0 Å². The number of rotatable bonds is 1. The Morgan fingerprint density at radius 2 is 2.10 bits per heavy atom. The molecule has 1 aliphatic heterocycles. The molecule has 156 valence electrons. The minimum Gasteiger partial charge on any atom is -0.477 e. The number of nitrogens with zero attached hydrogens (tertiary/aromatic N) is 3. The zero-order valence-electron chi connectivity index (χ0n) is 18.0. The molecular formula is C24H28N4O2. The Balaban J connectivity index is 1.82. The molecule has 6 heteroatoms. The van der Waals surface area contributed by atoms with Gasteiger partial charge < -0.3 is 9.47 Å². The van der Waals surface area contributed by atoms with Gasteiger partial charge in [-0.15, -0.1) is 0 Å². The summed E-state index contributed by atoms with van der Waals surface area (Å²) in [5, 5.41) is 11.8. The number of allylic oxidation sites excluding steroid dienone is 2. The summed E-state index contributed by atoms with van der Waals surface area (Å²) >= 11 is 0. The quantitative estimate of drug-likeness (QED) is 0.623. The monoisotopic (exact) mass is 404 g/mol. The van der Waals surface area contributed by atoms with Crippen molar-refractivity contribution in [2.75, 3.05) is 6.61 Å². The third kappa shape index (κ3) is 3.77. The van der Waals surface area contributed by atoms with Crippen molar-refractivity contribution in [3.63, 3.8) is 0 Å². The lowest BCUT2D eigenvalue weighted by Gasteiger charge is -2.16. The van der Waals surface area contributed by atoms with Gasteiger partial charge in [-0.25, -0.2) is 9.78 Å². The third-order valence-corrected chi connectivity index (χ3v) is 5.47.